The van der Waals surface area contributed by atoms with E-state index in [0.717, 1.165) is 0 Å². The molecule has 2 aromatic rings. The fraction of sp³-hybridized carbons (Fsp3) is 0.385. The van der Waals surface area contributed by atoms with E-state index in [9.17, 15) is 12.8 Å². The molecule has 2 rings (SSSR count). The standard InChI is InChI=1S/C13H17FN4O2S/c1-8(2)7-18-12(16-17-13(18)21(15,19)20)10-6-4-5-9(3)11(10)14/h4-6,8H,7H2,1-3H3,(H2,15,19,20). The molecule has 0 saturated heterocycles. The van der Waals surface area contributed by atoms with Gasteiger partial charge in [0, 0.05) is 6.54 Å². The van der Waals surface area contributed by atoms with Crippen molar-refractivity contribution in [2.24, 2.45) is 11.1 Å². The Kier molecular flexibility index (Phi) is 4.11. The highest BCUT2D eigenvalue weighted by atomic mass is 32.2. The molecule has 114 valence electrons. The average Bonchev–Trinajstić information content (AvgIpc) is 2.75. The van der Waals surface area contributed by atoms with Gasteiger partial charge in [0.05, 0.1) is 5.56 Å². The molecule has 0 amide bonds. The van der Waals surface area contributed by atoms with Gasteiger partial charge >= 0.3 is 0 Å². The van der Waals surface area contributed by atoms with Crippen molar-refractivity contribution in [2.75, 3.05) is 0 Å². The largest absolute Gasteiger partial charge is 0.296 e. The summed E-state index contributed by atoms with van der Waals surface area (Å²) in [5.74, 6) is -0.169. The van der Waals surface area contributed by atoms with Gasteiger partial charge in [0.15, 0.2) is 5.82 Å². The van der Waals surface area contributed by atoms with E-state index in [2.05, 4.69) is 10.2 Å². The van der Waals surface area contributed by atoms with E-state index in [4.69, 9.17) is 5.14 Å². The molecule has 0 aliphatic carbocycles. The molecular formula is C13H17FN4O2S. The van der Waals surface area contributed by atoms with Gasteiger partial charge in [-0.05, 0) is 24.5 Å². The molecule has 8 heteroatoms. The fourth-order valence-electron chi connectivity index (χ4n) is 2.05. The molecule has 2 N–H and O–H groups in total. The fourth-order valence-corrected chi connectivity index (χ4v) is 2.67. The zero-order chi connectivity index (χ0) is 15.8. The minimum atomic E-state index is -4.02. The molecule has 0 atom stereocenters. The van der Waals surface area contributed by atoms with Gasteiger partial charge in [-0.25, -0.2) is 17.9 Å². The number of primary sulfonamides is 1. The Bertz CT molecular complexity index is 768. The van der Waals surface area contributed by atoms with Crippen LogP contribution in [0.25, 0.3) is 11.4 Å². The molecule has 0 spiro atoms. The summed E-state index contributed by atoms with van der Waals surface area (Å²) in [6.45, 7) is 5.76. The third kappa shape index (κ3) is 3.11. The number of rotatable bonds is 4. The van der Waals surface area contributed by atoms with E-state index < -0.39 is 15.8 Å². The molecule has 0 unspecified atom stereocenters. The lowest BCUT2D eigenvalue weighted by atomic mass is 10.1. The number of aryl methyl sites for hydroxylation is 1. The van der Waals surface area contributed by atoms with Crippen molar-refractivity contribution < 1.29 is 12.8 Å². The maximum absolute atomic E-state index is 14.2. The number of halogens is 1. The minimum absolute atomic E-state index is 0.119. The summed E-state index contributed by atoms with van der Waals surface area (Å²) in [5.41, 5.74) is 0.654. The number of hydrogen-bond acceptors (Lipinski definition) is 4. The van der Waals surface area contributed by atoms with Crippen LogP contribution in [0.5, 0.6) is 0 Å². The quantitative estimate of drug-likeness (QED) is 0.930. The Hall–Kier alpha value is -1.80. The lowest BCUT2D eigenvalue weighted by Crippen LogP contribution is -2.20. The normalized spacial score (nSPS) is 12.1. The van der Waals surface area contributed by atoms with Gasteiger partial charge in [-0.3, -0.25) is 4.57 Å². The van der Waals surface area contributed by atoms with E-state index >= 15 is 0 Å². The third-order valence-corrected chi connectivity index (χ3v) is 3.76. The summed E-state index contributed by atoms with van der Waals surface area (Å²) in [5, 5.41) is 12.2. The van der Waals surface area contributed by atoms with E-state index in [1.165, 1.54) is 10.6 Å². The summed E-state index contributed by atoms with van der Waals surface area (Å²) in [4.78, 5) is 0. The predicted molar refractivity (Wildman–Crippen MR) is 76.4 cm³/mol. The molecule has 1 heterocycles. The number of nitrogens with zero attached hydrogens (tertiary/aromatic N) is 3. The lowest BCUT2D eigenvalue weighted by Gasteiger charge is -2.12. The van der Waals surface area contributed by atoms with Gasteiger partial charge in [0.1, 0.15) is 5.82 Å². The van der Waals surface area contributed by atoms with Gasteiger partial charge in [-0.2, -0.15) is 0 Å². The molecule has 0 aliphatic heterocycles. The first-order chi connectivity index (χ1) is 9.71. The van der Waals surface area contributed by atoms with Crippen molar-refractivity contribution in [3.8, 4) is 11.4 Å². The molecule has 1 aromatic carbocycles. The third-order valence-electron chi connectivity index (χ3n) is 2.95. The van der Waals surface area contributed by atoms with Crippen LogP contribution >= 0.6 is 0 Å². The summed E-state index contributed by atoms with van der Waals surface area (Å²) >= 11 is 0. The Morgan fingerprint density at radius 2 is 2.00 bits per heavy atom. The van der Waals surface area contributed by atoms with E-state index in [1.807, 2.05) is 13.8 Å². The Balaban J connectivity index is 2.70. The van der Waals surface area contributed by atoms with Gasteiger partial charge in [0.2, 0.25) is 0 Å². The summed E-state index contributed by atoms with van der Waals surface area (Å²) < 4.78 is 38.8. The summed E-state index contributed by atoms with van der Waals surface area (Å²) in [7, 11) is -4.02. The first kappa shape index (κ1) is 15.6. The highest BCUT2D eigenvalue weighted by Gasteiger charge is 2.24. The van der Waals surface area contributed by atoms with Gasteiger partial charge < -0.3 is 0 Å². The first-order valence-electron chi connectivity index (χ1n) is 6.43. The number of sulfonamides is 1. The summed E-state index contributed by atoms with van der Waals surface area (Å²) in [6, 6.07) is 4.84. The van der Waals surface area contributed by atoms with Crippen LogP contribution in [-0.2, 0) is 16.6 Å². The molecule has 1 aromatic heterocycles. The second-order valence-corrected chi connectivity index (χ2v) is 6.75. The Morgan fingerprint density at radius 3 is 2.57 bits per heavy atom. The molecule has 0 aliphatic rings. The number of nitrogens with two attached hydrogens (primary N) is 1. The van der Waals surface area contributed by atoms with Crippen LogP contribution in [0.4, 0.5) is 4.39 Å². The van der Waals surface area contributed by atoms with Crippen LogP contribution in [0.3, 0.4) is 0 Å². The zero-order valence-corrected chi connectivity index (χ0v) is 12.9. The first-order valence-corrected chi connectivity index (χ1v) is 7.98. The summed E-state index contributed by atoms with van der Waals surface area (Å²) in [6.07, 6.45) is 0. The smallest absolute Gasteiger partial charge is 0.273 e. The Morgan fingerprint density at radius 1 is 1.33 bits per heavy atom. The van der Waals surface area contributed by atoms with Gasteiger partial charge in [0.25, 0.3) is 15.2 Å². The second kappa shape index (κ2) is 5.53. The van der Waals surface area contributed by atoms with Crippen molar-refractivity contribution in [3.05, 3.63) is 29.6 Å². The molecule has 21 heavy (non-hydrogen) atoms. The van der Waals surface area contributed by atoms with Crippen molar-refractivity contribution >= 4 is 10.0 Å². The van der Waals surface area contributed by atoms with Gasteiger partial charge in [-0.1, -0.05) is 26.0 Å². The topological polar surface area (TPSA) is 90.9 Å². The van der Waals surface area contributed by atoms with Crippen LogP contribution in [-0.4, -0.2) is 23.2 Å². The number of hydrogen-bond donors (Lipinski definition) is 1. The average molecular weight is 312 g/mol. The predicted octanol–water partition coefficient (Wildman–Crippen LogP) is 1.70. The van der Waals surface area contributed by atoms with Crippen molar-refractivity contribution in [1.29, 1.82) is 0 Å². The lowest BCUT2D eigenvalue weighted by molar-refractivity contribution is 0.485. The van der Waals surface area contributed by atoms with Crippen molar-refractivity contribution in [1.82, 2.24) is 14.8 Å². The van der Waals surface area contributed by atoms with Crippen LogP contribution in [0.15, 0.2) is 23.4 Å². The molecule has 0 fully saturated rings. The highest BCUT2D eigenvalue weighted by Crippen LogP contribution is 2.25. The van der Waals surface area contributed by atoms with E-state index in [1.54, 1.807) is 19.1 Å². The molecule has 0 saturated carbocycles. The molecule has 0 radical (unpaired) electrons. The molecule has 6 nitrogen and oxygen atoms in total. The number of benzene rings is 1. The van der Waals surface area contributed by atoms with Gasteiger partial charge in [-0.15, -0.1) is 10.2 Å². The molecule has 0 bridgehead atoms. The van der Waals surface area contributed by atoms with Crippen LogP contribution in [0.2, 0.25) is 0 Å². The second-order valence-electron chi connectivity index (χ2n) is 5.29. The SMILES string of the molecule is Cc1cccc(-c2nnc(S(N)(=O)=O)n2CC(C)C)c1F. The maximum atomic E-state index is 14.2. The Labute approximate surface area is 122 Å². The van der Waals surface area contributed by atoms with E-state index in [0.29, 0.717) is 12.1 Å². The van der Waals surface area contributed by atoms with Crippen LogP contribution in [0, 0.1) is 18.7 Å². The van der Waals surface area contributed by atoms with Crippen molar-refractivity contribution in [3.63, 3.8) is 0 Å². The highest BCUT2D eigenvalue weighted by molar-refractivity contribution is 7.89. The zero-order valence-electron chi connectivity index (χ0n) is 12.0. The maximum Gasteiger partial charge on any atom is 0.273 e. The van der Waals surface area contributed by atoms with Crippen LogP contribution < -0.4 is 5.14 Å². The van der Waals surface area contributed by atoms with Crippen molar-refractivity contribution in [2.45, 2.75) is 32.5 Å². The van der Waals surface area contributed by atoms with E-state index in [-0.39, 0.29) is 22.5 Å². The minimum Gasteiger partial charge on any atom is -0.296 e. The monoisotopic (exact) mass is 312 g/mol. The molecular weight excluding hydrogens is 295 g/mol. The van der Waals surface area contributed by atoms with Crippen LogP contribution in [0.1, 0.15) is 19.4 Å². The number of aromatic nitrogens is 3.